The molecule has 1 aliphatic rings. The topological polar surface area (TPSA) is 12.0 Å². The second-order valence-corrected chi connectivity index (χ2v) is 6.12. The van der Waals surface area contributed by atoms with Crippen LogP contribution >= 0.6 is 0 Å². The van der Waals surface area contributed by atoms with Gasteiger partial charge in [0.25, 0.3) is 0 Å². The van der Waals surface area contributed by atoms with Crippen molar-refractivity contribution in [3.05, 3.63) is 65.8 Å². The summed E-state index contributed by atoms with van der Waals surface area (Å²) in [5.74, 6) is 0.807. The first-order valence-corrected chi connectivity index (χ1v) is 7.97. The van der Waals surface area contributed by atoms with E-state index in [9.17, 15) is 0 Å². The standard InChI is InChI=1S/C20H27N/c1-4-18(10-9-16(2)3)20-8-6-5-7-19(20)15-17-11-13-21-14-12-17/h4-10,17,21H,1,11-15H2,2-3H3/b18-10+. The minimum atomic E-state index is 0.807. The molecule has 1 N–H and O–H groups in total. The molecule has 1 aromatic carbocycles. The largest absolute Gasteiger partial charge is 0.317 e. The fourth-order valence-electron chi connectivity index (χ4n) is 2.90. The summed E-state index contributed by atoms with van der Waals surface area (Å²) in [6, 6.07) is 8.78. The zero-order valence-corrected chi connectivity index (χ0v) is 13.4. The molecule has 0 saturated carbocycles. The van der Waals surface area contributed by atoms with Crippen molar-refractivity contribution in [2.24, 2.45) is 5.92 Å². The molecule has 0 amide bonds. The Labute approximate surface area is 129 Å². The third-order valence-corrected chi connectivity index (χ3v) is 4.11. The number of nitrogens with one attached hydrogen (secondary N) is 1. The Bertz CT molecular complexity index is 527. The van der Waals surface area contributed by atoms with Crippen molar-refractivity contribution in [3.8, 4) is 0 Å². The molecular weight excluding hydrogens is 254 g/mol. The predicted octanol–water partition coefficient (Wildman–Crippen LogP) is 4.76. The molecule has 2 rings (SSSR count). The van der Waals surface area contributed by atoms with Crippen LogP contribution in [0.4, 0.5) is 0 Å². The highest BCUT2D eigenvalue weighted by molar-refractivity contribution is 5.76. The van der Waals surface area contributed by atoms with E-state index in [0.717, 1.165) is 19.0 Å². The van der Waals surface area contributed by atoms with Crippen LogP contribution in [0.5, 0.6) is 0 Å². The first-order valence-electron chi connectivity index (χ1n) is 7.97. The molecule has 0 unspecified atom stereocenters. The van der Waals surface area contributed by atoms with Crippen LogP contribution in [-0.2, 0) is 6.42 Å². The Morgan fingerprint density at radius 1 is 1.19 bits per heavy atom. The van der Waals surface area contributed by atoms with Crippen LogP contribution in [0.15, 0.2) is 54.6 Å². The highest BCUT2D eigenvalue weighted by Gasteiger charge is 2.15. The Morgan fingerprint density at radius 2 is 1.90 bits per heavy atom. The fourth-order valence-corrected chi connectivity index (χ4v) is 2.90. The lowest BCUT2D eigenvalue weighted by molar-refractivity contribution is 0.372. The molecule has 1 heterocycles. The van der Waals surface area contributed by atoms with E-state index >= 15 is 0 Å². The monoisotopic (exact) mass is 281 g/mol. The van der Waals surface area contributed by atoms with Gasteiger partial charge in [-0.15, -0.1) is 0 Å². The van der Waals surface area contributed by atoms with Crippen LogP contribution in [0.1, 0.15) is 37.8 Å². The second-order valence-electron chi connectivity index (χ2n) is 6.12. The number of benzene rings is 1. The maximum atomic E-state index is 4.00. The van der Waals surface area contributed by atoms with Gasteiger partial charge in [0, 0.05) is 0 Å². The molecule has 1 aliphatic heterocycles. The Balaban J connectivity index is 2.24. The number of piperidine rings is 1. The van der Waals surface area contributed by atoms with Crippen molar-refractivity contribution in [1.29, 1.82) is 0 Å². The summed E-state index contributed by atoms with van der Waals surface area (Å²) >= 11 is 0. The maximum Gasteiger partial charge on any atom is -0.00462 e. The number of hydrogen-bond donors (Lipinski definition) is 1. The SMILES string of the molecule is C=C/C(=C\C=C(C)C)c1ccccc1CC1CCNCC1. The minimum absolute atomic E-state index is 0.807. The van der Waals surface area contributed by atoms with Crippen LogP contribution in [0.2, 0.25) is 0 Å². The molecule has 0 spiro atoms. The smallest absolute Gasteiger partial charge is 0.00462 e. The van der Waals surface area contributed by atoms with Gasteiger partial charge in [0.15, 0.2) is 0 Å². The summed E-state index contributed by atoms with van der Waals surface area (Å²) in [5, 5.41) is 3.45. The average molecular weight is 281 g/mol. The van der Waals surface area contributed by atoms with Crippen LogP contribution in [0.3, 0.4) is 0 Å². The average Bonchev–Trinajstić information content (AvgIpc) is 2.50. The highest BCUT2D eigenvalue weighted by Crippen LogP contribution is 2.26. The fraction of sp³-hybridized carbons (Fsp3) is 0.400. The quantitative estimate of drug-likeness (QED) is 0.767. The van der Waals surface area contributed by atoms with E-state index in [0.29, 0.717) is 0 Å². The van der Waals surface area contributed by atoms with E-state index in [-0.39, 0.29) is 0 Å². The third kappa shape index (κ3) is 4.71. The molecule has 0 aliphatic carbocycles. The molecule has 112 valence electrons. The zero-order chi connectivity index (χ0) is 15.1. The number of hydrogen-bond acceptors (Lipinski definition) is 1. The van der Waals surface area contributed by atoms with Gasteiger partial charge in [-0.05, 0) is 68.8 Å². The second kappa shape index (κ2) is 7.99. The summed E-state index contributed by atoms with van der Waals surface area (Å²) in [7, 11) is 0. The van der Waals surface area contributed by atoms with E-state index in [1.807, 2.05) is 6.08 Å². The van der Waals surface area contributed by atoms with Crippen LogP contribution < -0.4 is 5.32 Å². The van der Waals surface area contributed by atoms with Gasteiger partial charge in [0.2, 0.25) is 0 Å². The van der Waals surface area contributed by atoms with Crippen molar-refractivity contribution in [2.45, 2.75) is 33.1 Å². The minimum Gasteiger partial charge on any atom is -0.317 e. The van der Waals surface area contributed by atoms with Crippen molar-refractivity contribution in [2.75, 3.05) is 13.1 Å². The normalized spacial score (nSPS) is 16.6. The summed E-state index contributed by atoms with van der Waals surface area (Å²) in [4.78, 5) is 0. The maximum absolute atomic E-state index is 4.00. The molecule has 1 fully saturated rings. The molecule has 1 saturated heterocycles. The van der Waals surface area contributed by atoms with E-state index < -0.39 is 0 Å². The van der Waals surface area contributed by atoms with Crippen LogP contribution in [-0.4, -0.2) is 13.1 Å². The summed E-state index contributed by atoms with van der Waals surface area (Å²) in [6.45, 7) is 10.6. The predicted molar refractivity (Wildman–Crippen MR) is 93.3 cm³/mol. The lowest BCUT2D eigenvalue weighted by Gasteiger charge is -2.23. The zero-order valence-electron chi connectivity index (χ0n) is 13.4. The summed E-state index contributed by atoms with van der Waals surface area (Å²) in [6.07, 6.45) is 10.1. The van der Waals surface area contributed by atoms with Crippen molar-refractivity contribution in [1.82, 2.24) is 5.32 Å². The van der Waals surface area contributed by atoms with Gasteiger partial charge in [-0.3, -0.25) is 0 Å². The molecule has 0 aromatic heterocycles. The van der Waals surface area contributed by atoms with Gasteiger partial charge >= 0.3 is 0 Å². The first-order chi connectivity index (χ1) is 10.2. The van der Waals surface area contributed by atoms with Crippen LogP contribution in [0.25, 0.3) is 5.57 Å². The lowest BCUT2D eigenvalue weighted by atomic mass is 9.87. The van der Waals surface area contributed by atoms with E-state index in [1.165, 1.54) is 41.5 Å². The lowest BCUT2D eigenvalue weighted by Crippen LogP contribution is -2.28. The van der Waals surface area contributed by atoms with Gasteiger partial charge in [-0.25, -0.2) is 0 Å². The summed E-state index contributed by atoms with van der Waals surface area (Å²) < 4.78 is 0. The molecule has 1 heteroatoms. The van der Waals surface area contributed by atoms with Crippen LogP contribution in [0, 0.1) is 5.92 Å². The van der Waals surface area contributed by atoms with Gasteiger partial charge < -0.3 is 5.32 Å². The van der Waals surface area contributed by atoms with Crippen molar-refractivity contribution >= 4 is 5.57 Å². The number of allylic oxidation sites excluding steroid dienone is 5. The summed E-state index contributed by atoms with van der Waals surface area (Å²) in [5.41, 5.74) is 5.33. The van der Waals surface area contributed by atoms with Gasteiger partial charge in [0.05, 0.1) is 0 Å². The van der Waals surface area contributed by atoms with Gasteiger partial charge in [0.1, 0.15) is 0 Å². The molecule has 0 radical (unpaired) electrons. The third-order valence-electron chi connectivity index (χ3n) is 4.11. The van der Waals surface area contributed by atoms with Crippen molar-refractivity contribution < 1.29 is 0 Å². The molecular formula is C20H27N. The molecule has 1 aromatic rings. The Kier molecular flexibility index (Phi) is 6.01. The highest BCUT2D eigenvalue weighted by atomic mass is 14.9. The van der Waals surface area contributed by atoms with Gasteiger partial charge in [-0.1, -0.05) is 54.6 Å². The van der Waals surface area contributed by atoms with E-state index in [2.05, 4.69) is 62.2 Å². The van der Waals surface area contributed by atoms with E-state index in [1.54, 1.807) is 0 Å². The van der Waals surface area contributed by atoms with Crippen molar-refractivity contribution in [3.63, 3.8) is 0 Å². The number of rotatable bonds is 5. The first kappa shape index (κ1) is 15.8. The Morgan fingerprint density at radius 3 is 2.57 bits per heavy atom. The Hall–Kier alpha value is -1.60. The molecule has 0 atom stereocenters. The van der Waals surface area contributed by atoms with E-state index in [4.69, 9.17) is 0 Å². The molecule has 1 nitrogen and oxygen atoms in total. The van der Waals surface area contributed by atoms with Gasteiger partial charge in [-0.2, -0.15) is 0 Å². The molecule has 0 bridgehead atoms. The molecule has 21 heavy (non-hydrogen) atoms.